The number of nitrogens with zero attached hydrogens (tertiary/aromatic N) is 1. The van der Waals surface area contributed by atoms with Crippen LogP contribution in [0.3, 0.4) is 0 Å². The van der Waals surface area contributed by atoms with Crippen molar-refractivity contribution in [2.45, 2.75) is 58.5 Å². The van der Waals surface area contributed by atoms with Crippen LogP contribution in [0.5, 0.6) is 0 Å². The second-order valence-electron chi connectivity index (χ2n) is 5.14. The lowest BCUT2D eigenvalue weighted by Gasteiger charge is -2.26. The highest BCUT2D eigenvalue weighted by Gasteiger charge is 2.28. The van der Waals surface area contributed by atoms with Crippen molar-refractivity contribution in [1.82, 2.24) is 4.98 Å². The highest BCUT2D eigenvalue weighted by molar-refractivity contribution is 5.92. The molecule has 0 aliphatic heterocycles. The molecular formula is C15H24N2O2. The fraction of sp³-hybridized carbons (Fsp3) is 0.600. The lowest BCUT2D eigenvalue weighted by atomic mass is 9.89. The SMILES string of the molecule is CCCC(O)(CCC)CC(=O)Nc1ccncc1C. The summed E-state index contributed by atoms with van der Waals surface area (Å²) in [5.74, 6) is -0.140. The Morgan fingerprint density at radius 1 is 1.37 bits per heavy atom. The molecule has 4 heteroatoms. The number of hydrogen-bond donors (Lipinski definition) is 2. The fourth-order valence-corrected chi connectivity index (χ4v) is 2.34. The van der Waals surface area contributed by atoms with E-state index in [4.69, 9.17) is 0 Å². The monoisotopic (exact) mass is 264 g/mol. The average Bonchev–Trinajstić information content (AvgIpc) is 2.32. The molecule has 0 saturated carbocycles. The highest BCUT2D eigenvalue weighted by atomic mass is 16.3. The molecule has 0 bridgehead atoms. The summed E-state index contributed by atoms with van der Waals surface area (Å²) in [5.41, 5.74) is 0.801. The number of carbonyl (C=O) groups excluding carboxylic acids is 1. The molecule has 0 aromatic carbocycles. The van der Waals surface area contributed by atoms with E-state index in [0.29, 0.717) is 12.8 Å². The molecule has 0 unspecified atom stereocenters. The Hall–Kier alpha value is -1.42. The number of rotatable bonds is 7. The molecule has 1 heterocycles. The second kappa shape index (κ2) is 7.24. The standard InChI is InChI=1S/C15H24N2O2/c1-4-7-15(19,8-5-2)10-14(18)17-13-6-9-16-11-12(13)3/h6,9,11,19H,4-5,7-8,10H2,1-3H3,(H,16,17,18). The molecule has 4 nitrogen and oxygen atoms in total. The minimum atomic E-state index is -0.880. The van der Waals surface area contributed by atoms with E-state index >= 15 is 0 Å². The van der Waals surface area contributed by atoms with E-state index in [0.717, 1.165) is 24.1 Å². The van der Waals surface area contributed by atoms with Crippen molar-refractivity contribution in [2.24, 2.45) is 0 Å². The van der Waals surface area contributed by atoms with Crippen LogP contribution in [0.15, 0.2) is 18.5 Å². The van der Waals surface area contributed by atoms with Crippen LogP contribution in [0.4, 0.5) is 5.69 Å². The summed E-state index contributed by atoms with van der Waals surface area (Å²) < 4.78 is 0. The molecule has 0 aliphatic rings. The summed E-state index contributed by atoms with van der Waals surface area (Å²) in [7, 11) is 0. The van der Waals surface area contributed by atoms with Crippen molar-refractivity contribution < 1.29 is 9.90 Å². The van der Waals surface area contributed by atoms with Gasteiger partial charge in [0.25, 0.3) is 0 Å². The van der Waals surface area contributed by atoms with Gasteiger partial charge in [-0.05, 0) is 31.4 Å². The Morgan fingerprint density at radius 3 is 2.53 bits per heavy atom. The summed E-state index contributed by atoms with van der Waals surface area (Å²) in [6, 6.07) is 1.77. The highest BCUT2D eigenvalue weighted by Crippen LogP contribution is 2.24. The third-order valence-corrected chi connectivity index (χ3v) is 3.21. The fourth-order valence-electron chi connectivity index (χ4n) is 2.34. The first-order valence-electron chi connectivity index (χ1n) is 6.93. The summed E-state index contributed by atoms with van der Waals surface area (Å²) in [6.45, 7) is 5.93. The molecule has 106 valence electrons. The zero-order chi connectivity index (χ0) is 14.3. The van der Waals surface area contributed by atoms with Crippen LogP contribution in [0.25, 0.3) is 0 Å². The van der Waals surface area contributed by atoms with Gasteiger partial charge in [-0.1, -0.05) is 26.7 Å². The lowest BCUT2D eigenvalue weighted by Crippen LogP contribution is -2.33. The summed E-state index contributed by atoms with van der Waals surface area (Å²) in [6.07, 6.45) is 6.56. The van der Waals surface area contributed by atoms with E-state index < -0.39 is 5.60 Å². The molecule has 0 atom stereocenters. The van der Waals surface area contributed by atoms with E-state index in [-0.39, 0.29) is 12.3 Å². The van der Waals surface area contributed by atoms with Gasteiger partial charge in [-0.25, -0.2) is 0 Å². The number of carbonyl (C=O) groups is 1. The topological polar surface area (TPSA) is 62.2 Å². The summed E-state index contributed by atoms with van der Waals surface area (Å²) in [4.78, 5) is 16.0. The minimum absolute atomic E-state index is 0.140. The van der Waals surface area contributed by atoms with Crippen LogP contribution < -0.4 is 5.32 Å². The van der Waals surface area contributed by atoms with Crippen LogP contribution in [-0.4, -0.2) is 21.6 Å². The number of anilines is 1. The van der Waals surface area contributed by atoms with E-state index in [9.17, 15) is 9.90 Å². The van der Waals surface area contributed by atoms with Crippen LogP contribution in [0.1, 0.15) is 51.5 Å². The first kappa shape index (κ1) is 15.6. The van der Waals surface area contributed by atoms with Crippen LogP contribution >= 0.6 is 0 Å². The van der Waals surface area contributed by atoms with E-state index in [1.807, 2.05) is 20.8 Å². The van der Waals surface area contributed by atoms with E-state index in [1.165, 1.54) is 0 Å². The van der Waals surface area contributed by atoms with E-state index in [1.54, 1.807) is 18.5 Å². The van der Waals surface area contributed by atoms with E-state index in [2.05, 4.69) is 10.3 Å². The zero-order valence-corrected chi connectivity index (χ0v) is 12.1. The number of amides is 1. The predicted molar refractivity (Wildman–Crippen MR) is 77.0 cm³/mol. The Bertz CT molecular complexity index is 412. The maximum atomic E-state index is 12.0. The van der Waals surface area contributed by atoms with Gasteiger partial charge in [0.1, 0.15) is 0 Å². The molecule has 1 aromatic rings. The molecule has 1 amide bonds. The number of hydrogen-bond acceptors (Lipinski definition) is 3. The molecular weight excluding hydrogens is 240 g/mol. The number of nitrogens with one attached hydrogen (secondary N) is 1. The first-order chi connectivity index (χ1) is 9.00. The quantitative estimate of drug-likeness (QED) is 0.795. The zero-order valence-electron chi connectivity index (χ0n) is 12.1. The van der Waals surface area contributed by atoms with Crippen molar-refractivity contribution >= 4 is 11.6 Å². The van der Waals surface area contributed by atoms with Gasteiger partial charge in [0, 0.05) is 18.1 Å². The van der Waals surface area contributed by atoms with Crippen LogP contribution in [0.2, 0.25) is 0 Å². The number of aryl methyl sites for hydroxylation is 1. The van der Waals surface area contributed by atoms with Gasteiger partial charge in [-0.2, -0.15) is 0 Å². The predicted octanol–water partition coefficient (Wildman–Crippen LogP) is 3.05. The summed E-state index contributed by atoms with van der Waals surface area (Å²) in [5, 5.41) is 13.3. The Kier molecular flexibility index (Phi) is 5.96. The molecule has 0 fully saturated rings. The average molecular weight is 264 g/mol. The molecule has 0 aliphatic carbocycles. The van der Waals surface area contributed by atoms with Gasteiger partial charge in [0.05, 0.1) is 12.0 Å². The maximum absolute atomic E-state index is 12.0. The molecule has 1 rings (SSSR count). The molecule has 1 aromatic heterocycles. The minimum Gasteiger partial charge on any atom is -0.389 e. The first-order valence-corrected chi connectivity index (χ1v) is 6.93. The largest absolute Gasteiger partial charge is 0.389 e. The molecule has 19 heavy (non-hydrogen) atoms. The lowest BCUT2D eigenvalue weighted by molar-refractivity contribution is -0.121. The van der Waals surface area contributed by atoms with Crippen molar-refractivity contribution in [3.63, 3.8) is 0 Å². The second-order valence-corrected chi connectivity index (χ2v) is 5.14. The van der Waals surface area contributed by atoms with Crippen molar-refractivity contribution in [3.8, 4) is 0 Å². The smallest absolute Gasteiger partial charge is 0.227 e. The molecule has 0 radical (unpaired) electrons. The van der Waals surface area contributed by atoms with Gasteiger partial charge in [0.2, 0.25) is 5.91 Å². The molecule has 0 saturated heterocycles. The molecule has 0 spiro atoms. The third kappa shape index (κ3) is 4.99. The van der Waals surface area contributed by atoms with Gasteiger partial charge >= 0.3 is 0 Å². The maximum Gasteiger partial charge on any atom is 0.227 e. The van der Waals surface area contributed by atoms with Gasteiger partial charge < -0.3 is 10.4 Å². The number of aromatic nitrogens is 1. The van der Waals surface area contributed by atoms with Gasteiger partial charge in [-0.3, -0.25) is 9.78 Å². The van der Waals surface area contributed by atoms with Crippen molar-refractivity contribution in [3.05, 3.63) is 24.0 Å². The number of pyridine rings is 1. The van der Waals surface area contributed by atoms with Gasteiger partial charge in [-0.15, -0.1) is 0 Å². The third-order valence-electron chi connectivity index (χ3n) is 3.21. The molecule has 2 N–H and O–H groups in total. The Labute approximate surface area is 115 Å². The van der Waals surface area contributed by atoms with Crippen molar-refractivity contribution in [1.29, 1.82) is 0 Å². The number of aliphatic hydroxyl groups is 1. The normalized spacial score (nSPS) is 11.4. The van der Waals surface area contributed by atoms with Gasteiger partial charge in [0.15, 0.2) is 0 Å². The van der Waals surface area contributed by atoms with Crippen LogP contribution in [0, 0.1) is 6.92 Å². The van der Waals surface area contributed by atoms with Crippen LogP contribution in [-0.2, 0) is 4.79 Å². The summed E-state index contributed by atoms with van der Waals surface area (Å²) >= 11 is 0. The Balaban J connectivity index is 2.65. The Morgan fingerprint density at radius 2 is 2.00 bits per heavy atom. The van der Waals surface area contributed by atoms with Crippen molar-refractivity contribution in [2.75, 3.05) is 5.32 Å².